The van der Waals surface area contributed by atoms with Crippen molar-refractivity contribution in [1.82, 2.24) is 34.9 Å². The molecule has 0 spiro atoms. The molecule has 3 aromatic carbocycles. The lowest BCUT2D eigenvalue weighted by Crippen LogP contribution is -1.97. The number of hydrogen-bond donors (Lipinski definition) is 0. The van der Waals surface area contributed by atoms with E-state index in [2.05, 4.69) is 38.4 Å². The van der Waals surface area contributed by atoms with Crippen LogP contribution in [-0.4, -0.2) is 34.9 Å². The number of fused-ring (bicyclic) bond motifs is 4. The molecule has 4 aromatic heterocycles. The SMILES string of the molecule is c1ccc(-n2nc3ccc(-c4ccc5ccc6ccc(-c7ncccn7)nc6c5n4)cc3n2)cc1. The summed E-state index contributed by atoms with van der Waals surface area (Å²) >= 11 is 0. The Morgan fingerprint density at radius 1 is 0.543 bits per heavy atom. The molecule has 7 heteroatoms. The summed E-state index contributed by atoms with van der Waals surface area (Å²) in [4.78, 5) is 20.3. The summed E-state index contributed by atoms with van der Waals surface area (Å²) in [6.07, 6.45) is 3.44. The van der Waals surface area contributed by atoms with Gasteiger partial charge in [-0.2, -0.15) is 4.80 Å². The number of pyridine rings is 2. The molecule has 0 aliphatic carbocycles. The molecule has 0 atom stereocenters. The lowest BCUT2D eigenvalue weighted by molar-refractivity contribution is 0.766. The Balaban J connectivity index is 1.36. The molecular weight excluding hydrogens is 434 g/mol. The average molecular weight is 451 g/mol. The maximum absolute atomic E-state index is 5.02. The molecule has 0 aliphatic heterocycles. The van der Waals surface area contributed by atoms with Gasteiger partial charge in [-0.3, -0.25) is 0 Å². The third-order valence-electron chi connectivity index (χ3n) is 5.98. The van der Waals surface area contributed by atoms with Gasteiger partial charge in [0.05, 0.1) is 22.4 Å². The lowest BCUT2D eigenvalue weighted by Gasteiger charge is -2.07. The van der Waals surface area contributed by atoms with E-state index in [0.717, 1.165) is 55.5 Å². The summed E-state index contributed by atoms with van der Waals surface area (Å²) < 4.78 is 0. The summed E-state index contributed by atoms with van der Waals surface area (Å²) in [5, 5.41) is 11.3. The van der Waals surface area contributed by atoms with Gasteiger partial charge in [0.15, 0.2) is 5.82 Å². The zero-order valence-corrected chi connectivity index (χ0v) is 18.4. The van der Waals surface area contributed by atoms with Crippen molar-refractivity contribution in [2.24, 2.45) is 0 Å². The maximum Gasteiger partial charge on any atom is 0.178 e. The Bertz CT molecular complexity index is 1840. The summed E-state index contributed by atoms with van der Waals surface area (Å²) in [6.45, 7) is 0. The van der Waals surface area contributed by atoms with Gasteiger partial charge in [-0.1, -0.05) is 48.5 Å². The number of para-hydroxylation sites is 1. The Kier molecular flexibility index (Phi) is 4.32. The quantitative estimate of drug-likeness (QED) is 0.323. The largest absolute Gasteiger partial charge is 0.245 e. The maximum atomic E-state index is 5.02. The Morgan fingerprint density at radius 3 is 1.97 bits per heavy atom. The molecule has 0 unspecified atom stereocenters. The number of benzene rings is 3. The van der Waals surface area contributed by atoms with Gasteiger partial charge in [-0.05, 0) is 42.5 Å². The molecule has 7 nitrogen and oxygen atoms in total. The topological polar surface area (TPSA) is 82.3 Å². The van der Waals surface area contributed by atoms with E-state index in [0.29, 0.717) is 5.82 Å². The summed E-state index contributed by atoms with van der Waals surface area (Å²) in [5.74, 6) is 0.592. The second-order valence-electron chi connectivity index (χ2n) is 8.20. The predicted octanol–water partition coefficient (Wildman–Crippen LogP) is 5.64. The standard InChI is InChI=1S/C28H17N7/c1-2-5-21(6-3-1)35-33-23-13-11-20(17-25(23)34-35)22-12-9-18-7-8-19-10-14-24(28-29-15-4-16-30-28)32-27(19)26(18)31-22/h1-17H. The smallest absolute Gasteiger partial charge is 0.178 e. The highest BCUT2D eigenvalue weighted by atomic mass is 15.5. The number of rotatable bonds is 3. The van der Waals surface area contributed by atoms with Crippen molar-refractivity contribution in [3.05, 3.63) is 103 Å². The van der Waals surface area contributed by atoms with E-state index in [1.807, 2.05) is 66.7 Å². The molecule has 0 fully saturated rings. The van der Waals surface area contributed by atoms with Gasteiger partial charge in [0, 0.05) is 28.7 Å². The molecule has 0 saturated carbocycles. The van der Waals surface area contributed by atoms with E-state index in [1.54, 1.807) is 23.3 Å². The van der Waals surface area contributed by atoms with E-state index in [4.69, 9.17) is 9.97 Å². The molecule has 7 rings (SSSR count). The summed E-state index contributed by atoms with van der Waals surface area (Å²) in [5.41, 5.74) is 6.77. The zero-order chi connectivity index (χ0) is 23.2. The van der Waals surface area contributed by atoms with E-state index in [1.165, 1.54) is 0 Å². The fraction of sp³-hybridized carbons (Fsp3) is 0. The van der Waals surface area contributed by atoms with Crippen molar-refractivity contribution >= 4 is 32.8 Å². The number of aromatic nitrogens is 7. The summed E-state index contributed by atoms with van der Waals surface area (Å²) in [6, 6.07) is 29.9. The molecule has 0 bridgehead atoms. The number of hydrogen-bond acceptors (Lipinski definition) is 6. The van der Waals surface area contributed by atoms with Crippen molar-refractivity contribution in [2.75, 3.05) is 0 Å². The highest BCUT2D eigenvalue weighted by Crippen LogP contribution is 2.29. The number of nitrogens with zero attached hydrogens (tertiary/aromatic N) is 7. The van der Waals surface area contributed by atoms with Crippen molar-refractivity contribution in [3.8, 4) is 28.5 Å². The first kappa shape index (κ1) is 19.4. The van der Waals surface area contributed by atoms with Gasteiger partial charge in [-0.25, -0.2) is 19.9 Å². The first-order valence-electron chi connectivity index (χ1n) is 11.2. The molecule has 0 saturated heterocycles. The Hall–Kier alpha value is -5.04. The molecule has 7 aromatic rings. The van der Waals surface area contributed by atoms with Crippen molar-refractivity contribution in [2.45, 2.75) is 0 Å². The normalized spacial score (nSPS) is 11.4. The summed E-state index contributed by atoms with van der Waals surface area (Å²) in [7, 11) is 0. The third kappa shape index (κ3) is 3.38. The van der Waals surface area contributed by atoms with Crippen LogP contribution in [0, 0.1) is 0 Å². The van der Waals surface area contributed by atoms with E-state index in [9.17, 15) is 0 Å². The third-order valence-corrected chi connectivity index (χ3v) is 5.98. The van der Waals surface area contributed by atoms with Gasteiger partial charge in [-0.15, -0.1) is 10.2 Å². The van der Waals surface area contributed by atoms with Crippen molar-refractivity contribution < 1.29 is 0 Å². The highest BCUT2D eigenvalue weighted by molar-refractivity contribution is 6.04. The van der Waals surface area contributed by atoms with Crippen LogP contribution in [0.5, 0.6) is 0 Å². The molecule has 4 heterocycles. The van der Waals surface area contributed by atoms with Gasteiger partial charge in [0.25, 0.3) is 0 Å². The fourth-order valence-corrected chi connectivity index (χ4v) is 4.24. The zero-order valence-electron chi connectivity index (χ0n) is 18.4. The predicted molar refractivity (Wildman–Crippen MR) is 136 cm³/mol. The second kappa shape index (κ2) is 7.78. The van der Waals surface area contributed by atoms with Crippen LogP contribution in [0.1, 0.15) is 0 Å². The highest BCUT2D eigenvalue weighted by Gasteiger charge is 2.11. The Morgan fingerprint density at radius 2 is 1.20 bits per heavy atom. The van der Waals surface area contributed by atoms with E-state index < -0.39 is 0 Å². The Labute approximate surface area is 199 Å². The molecule has 0 amide bonds. The lowest BCUT2D eigenvalue weighted by atomic mass is 10.1. The van der Waals surface area contributed by atoms with E-state index >= 15 is 0 Å². The minimum absolute atomic E-state index is 0.592. The minimum Gasteiger partial charge on any atom is -0.245 e. The van der Waals surface area contributed by atoms with Gasteiger partial charge < -0.3 is 0 Å². The first-order chi connectivity index (χ1) is 17.3. The van der Waals surface area contributed by atoms with Gasteiger partial charge >= 0.3 is 0 Å². The molecule has 35 heavy (non-hydrogen) atoms. The molecule has 0 aliphatic rings. The fourth-order valence-electron chi connectivity index (χ4n) is 4.24. The van der Waals surface area contributed by atoms with Crippen LogP contribution < -0.4 is 0 Å². The van der Waals surface area contributed by atoms with Crippen LogP contribution in [0.15, 0.2) is 103 Å². The van der Waals surface area contributed by atoms with Crippen LogP contribution in [0.4, 0.5) is 0 Å². The van der Waals surface area contributed by atoms with Crippen molar-refractivity contribution in [3.63, 3.8) is 0 Å². The molecule has 164 valence electrons. The van der Waals surface area contributed by atoms with E-state index in [-0.39, 0.29) is 0 Å². The average Bonchev–Trinajstić information content (AvgIpc) is 3.37. The first-order valence-corrected chi connectivity index (χ1v) is 11.2. The van der Waals surface area contributed by atoms with Crippen LogP contribution in [-0.2, 0) is 0 Å². The molecule has 0 N–H and O–H groups in total. The van der Waals surface area contributed by atoms with Crippen LogP contribution in [0.25, 0.3) is 61.3 Å². The van der Waals surface area contributed by atoms with Crippen LogP contribution in [0.3, 0.4) is 0 Å². The monoisotopic (exact) mass is 451 g/mol. The second-order valence-corrected chi connectivity index (χ2v) is 8.20. The van der Waals surface area contributed by atoms with Gasteiger partial charge in [0.1, 0.15) is 16.7 Å². The molecule has 0 radical (unpaired) electrons. The van der Waals surface area contributed by atoms with Crippen molar-refractivity contribution in [1.29, 1.82) is 0 Å². The van der Waals surface area contributed by atoms with Gasteiger partial charge in [0.2, 0.25) is 0 Å². The minimum atomic E-state index is 0.592. The van der Waals surface area contributed by atoms with Crippen LogP contribution >= 0.6 is 0 Å². The van der Waals surface area contributed by atoms with Crippen LogP contribution in [0.2, 0.25) is 0 Å². The molecular formula is C28H17N7.